The van der Waals surface area contributed by atoms with Gasteiger partial charge in [-0.15, -0.1) is 0 Å². The topological polar surface area (TPSA) is 78.8 Å². The van der Waals surface area contributed by atoms with Gasteiger partial charge in [-0.2, -0.15) is 9.41 Å². The monoisotopic (exact) mass is 489 g/mol. The van der Waals surface area contributed by atoms with E-state index in [2.05, 4.69) is 10.5 Å². The molecule has 0 unspecified atom stereocenters. The second-order valence-electron chi connectivity index (χ2n) is 6.85. The molecule has 0 aliphatic rings. The zero-order valence-corrected chi connectivity index (χ0v) is 19.3. The van der Waals surface area contributed by atoms with Crippen molar-refractivity contribution in [3.63, 3.8) is 0 Å². The maximum absolute atomic E-state index is 13.1. The summed E-state index contributed by atoms with van der Waals surface area (Å²) in [6.45, 7) is -0.239. The Morgan fingerprint density at radius 1 is 0.969 bits per heavy atom. The van der Waals surface area contributed by atoms with Crippen LogP contribution in [0.15, 0.2) is 88.9 Å². The largest absolute Gasteiger partial charge is 0.272 e. The Balaban J connectivity index is 1.72. The summed E-state index contributed by atoms with van der Waals surface area (Å²) in [4.78, 5) is 12.6. The van der Waals surface area contributed by atoms with Crippen molar-refractivity contribution in [1.82, 2.24) is 9.73 Å². The molecule has 3 aromatic carbocycles. The van der Waals surface area contributed by atoms with Gasteiger partial charge >= 0.3 is 0 Å². The van der Waals surface area contributed by atoms with Gasteiger partial charge in [0.25, 0.3) is 5.91 Å². The summed E-state index contributed by atoms with van der Waals surface area (Å²) in [5, 5.41) is 4.75. The highest BCUT2D eigenvalue weighted by Gasteiger charge is 2.26. The number of hydrazone groups is 1. The maximum atomic E-state index is 13.1. The predicted molar refractivity (Wildman–Crippen MR) is 128 cm³/mol. The highest BCUT2D eigenvalue weighted by Crippen LogP contribution is 2.19. The highest BCUT2D eigenvalue weighted by atomic mass is 35.5. The molecule has 0 aliphatic carbocycles. The van der Waals surface area contributed by atoms with E-state index in [1.165, 1.54) is 18.3 Å². The molecule has 0 heterocycles. The molecule has 0 spiro atoms. The molecule has 9 heteroatoms. The van der Waals surface area contributed by atoms with Gasteiger partial charge in [0.2, 0.25) is 10.0 Å². The molecule has 166 valence electrons. The SMILES string of the molecule is O=C(CN(CCc1ccccc1)S(=O)(=O)c1ccccc1)N/N=C/c1ccc(Cl)cc1Cl. The van der Waals surface area contributed by atoms with E-state index in [9.17, 15) is 13.2 Å². The number of hydrogen-bond acceptors (Lipinski definition) is 4. The molecule has 0 atom stereocenters. The maximum Gasteiger partial charge on any atom is 0.255 e. The molecule has 0 aromatic heterocycles. The predicted octanol–water partition coefficient (Wildman–Crippen LogP) is 4.38. The summed E-state index contributed by atoms with van der Waals surface area (Å²) in [7, 11) is -3.87. The van der Waals surface area contributed by atoms with Gasteiger partial charge in [-0.3, -0.25) is 4.79 Å². The van der Waals surface area contributed by atoms with Crippen LogP contribution in [0.25, 0.3) is 0 Å². The molecule has 0 radical (unpaired) electrons. The first kappa shape index (κ1) is 23.9. The van der Waals surface area contributed by atoms with Gasteiger partial charge in [-0.05, 0) is 36.2 Å². The van der Waals surface area contributed by atoms with Gasteiger partial charge < -0.3 is 0 Å². The fourth-order valence-corrected chi connectivity index (χ4v) is 4.78. The van der Waals surface area contributed by atoms with Gasteiger partial charge in [0.1, 0.15) is 0 Å². The Labute approximate surface area is 197 Å². The van der Waals surface area contributed by atoms with Crippen LogP contribution in [0.1, 0.15) is 11.1 Å². The summed E-state index contributed by atoms with van der Waals surface area (Å²) < 4.78 is 27.4. The van der Waals surface area contributed by atoms with Gasteiger partial charge in [0, 0.05) is 17.1 Å². The van der Waals surface area contributed by atoms with Crippen LogP contribution in [0.3, 0.4) is 0 Å². The second kappa shape index (κ2) is 11.2. The highest BCUT2D eigenvalue weighted by molar-refractivity contribution is 7.89. The standard InChI is InChI=1S/C23H21Cl2N3O3S/c24-20-12-11-19(22(25)15-20)16-26-27-23(29)17-28(14-13-18-7-3-1-4-8-18)32(30,31)21-9-5-2-6-10-21/h1-12,15-16H,13-14,17H2,(H,27,29)/b26-16+. The Kier molecular flexibility index (Phi) is 8.41. The molecule has 0 fully saturated rings. The lowest BCUT2D eigenvalue weighted by atomic mass is 10.1. The molecule has 0 bridgehead atoms. The van der Waals surface area contributed by atoms with Crippen LogP contribution < -0.4 is 5.43 Å². The quantitative estimate of drug-likeness (QED) is 0.357. The van der Waals surface area contributed by atoms with Crippen molar-refractivity contribution in [2.45, 2.75) is 11.3 Å². The van der Waals surface area contributed by atoms with Crippen LogP contribution >= 0.6 is 23.2 Å². The number of nitrogens with one attached hydrogen (secondary N) is 1. The third-order valence-corrected chi connectivity index (χ3v) is 6.97. The van der Waals surface area contributed by atoms with Crippen molar-refractivity contribution in [2.24, 2.45) is 5.10 Å². The molecule has 3 rings (SSSR count). The zero-order valence-electron chi connectivity index (χ0n) is 17.0. The molecule has 1 amide bonds. The zero-order chi connectivity index (χ0) is 23.0. The summed E-state index contributed by atoms with van der Waals surface area (Å²) in [5.41, 5.74) is 3.89. The summed E-state index contributed by atoms with van der Waals surface area (Å²) in [6, 6.07) is 22.4. The lowest BCUT2D eigenvalue weighted by Gasteiger charge is -2.21. The molecule has 3 aromatic rings. The van der Waals surface area contributed by atoms with E-state index in [-0.39, 0.29) is 18.0 Å². The lowest BCUT2D eigenvalue weighted by Crippen LogP contribution is -2.40. The van der Waals surface area contributed by atoms with Crippen LogP contribution in [0, 0.1) is 0 Å². The number of hydrogen-bond donors (Lipinski definition) is 1. The van der Waals surface area contributed by atoms with Crippen molar-refractivity contribution in [1.29, 1.82) is 0 Å². The van der Waals surface area contributed by atoms with Crippen LogP contribution in [0.4, 0.5) is 0 Å². The van der Waals surface area contributed by atoms with Crippen LogP contribution in [0.5, 0.6) is 0 Å². The lowest BCUT2D eigenvalue weighted by molar-refractivity contribution is -0.121. The molecule has 32 heavy (non-hydrogen) atoms. The van der Waals surface area contributed by atoms with Crippen molar-refractivity contribution in [3.05, 3.63) is 100 Å². The van der Waals surface area contributed by atoms with Gasteiger partial charge in [-0.25, -0.2) is 13.8 Å². The molecule has 1 N–H and O–H groups in total. The Morgan fingerprint density at radius 3 is 2.28 bits per heavy atom. The van der Waals surface area contributed by atoms with Gasteiger partial charge in [-0.1, -0.05) is 77.8 Å². The first-order valence-electron chi connectivity index (χ1n) is 9.72. The fourth-order valence-electron chi connectivity index (χ4n) is 2.90. The van der Waals surface area contributed by atoms with Crippen LogP contribution in [-0.2, 0) is 21.2 Å². The van der Waals surface area contributed by atoms with Crippen molar-refractivity contribution >= 4 is 45.3 Å². The van der Waals surface area contributed by atoms with E-state index in [1.54, 1.807) is 36.4 Å². The Morgan fingerprint density at radius 2 is 1.62 bits per heavy atom. The third kappa shape index (κ3) is 6.64. The minimum atomic E-state index is -3.87. The van der Waals surface area contributed by atoms with E-state index in [0.29, 0.717) is 22.0 Å². The van der Waals surface area contributed by atoms with Crippen molar-refractivity contribution in [3.8, 4) is 0 Å². The van der Waals surface area contributed by atoms with Crippen LogP contribution in [-0.4, -0.2) is 37.9 Å². The average Bonchev–Trinajstić information content (AvgIpc) is 2.79. The number of carbonyl (C=O) groups is 1. The molecule has 0 saturated carbocycles. The molecular weight excluding hydrogens is 469 g/mol. The summed E-state index contributed by atoms with van der Waals surface area (Å²) in [5.74, 6) is -0.570. The van der Waals surface area contributed by atoms with E-state index in [4.69, 9.17) is 23.2 Å². The van der Waals surface area contributed by atoms with E-state index in [1.807, 2.05) is 30.3 Å². The molecular formula is C23H21Cl2N3O3S. The van der Waals surface area contributed by atoms with Crippen molar-refractivity contribution in [2.75, 3.05) is 13.1 Å². The number of halogens is 2. The summed E-state index contributed by atoms with van der Waals surface area (Å²) in [6.07, 6.45) is 1.83. The number of nitrogens with zero attached hydrogens (tertiary/aromatic N) is 2. The number of rotatable bonds is 9. The number of amides is 1. The molecule has 6 nitrogen and oxygen atoms in total. The minimum absolute atomic E-state index is 0.123. The Bertz CT molecular complexity index is 1190. The molecule has 0 saturated heterocycles. The first-order valence-corrected chi connectivity index (χ1v) is 11.9. The van der Waals surface area contributed by atoms with E-state index < -0.39 is 15.9 Å². The van der Waals surface area contributed by atoms with Gasteiger partial charge in [0.05, 0.1) is 22.7 Å². The number of carbonyl (C=O) groups excluding carboxylic acids is 1. The number of benzene rings is 3. The van der Waals surface area contributed by atoms with Crippen molar-refractivity contribution < 1.29 is 13.2 Å². The Hall–Kier alpha value is -2.71. The number of sulfonamides is 1. The normalized spacial score (nSPS) is 11.7. The second-order valence-corrected chi connectivity index (χ2v) is 9.63. The van der Waals surface area contributed by atoms with E-state index in [0.717, 1.165) is 9.87 Å². The fraction of sp³-hybridized carbons (Fsp3) is 0.130. The molecule has 0 aliphatic heterocycles. The average molecular weight is 490 g/mol. The summed E-state index contributed by atoms with van der Waals surface area (Å²) >= 11 is 11.9. The first-order chi connectivity index (χ1) is 15.4. The minimum Gasteiger partial charge on any atom is -0.272 e. The van der Waals surface area contributed by atoms with E-state index >= 15 is 0 Å². The third-order valence-electron chi connectivity index (χ3n) is 4.55. The smallest absolute Gasteiger partial charge is 0.255 e. The van der Waals surface area contributed by atoms with Gasteiger partial charge in [0.15, 0.2) is 0 Å². The van der Waals surface area contributed by atoms with Crippen LogP contribution in [0.2, 0.25) is 10.0 Å².